The molecule has 2 amide bonds. The Morgan fingerprint density at radius 1 is 1.39 bits per heavy atom. The number of rotatable bonds is 3. The van der Waals surface area contributed by atoms with Crippen LogP contribution in [0.3, 0.4) is 0 Å². The number of fused-ring (bicyclic) bond motifs is 1. The number of aryl methyl sites for hydroxylation is 2. The van der Waals surface area contributed by atoms with E-state index in [-0.39, 0.29) is 24.1 Å². The molecule has 1 aliphatic carbocycles. The number of hydrogen-bond acceptors (Lipinski definition) is 4. The minimum Gasteiger partial charge on any atom is -0.393 e. The molecule has 3 atom stereocenters. The maximum atomic E-state index is 12.4. The quantitative estimate of drug-likeness (QED) is 0.873. The van der Waals surface area contributed by atoms with Gasteiger partial charge in [0, 0.05) is 25.9 Å². The van der Waals surface area contributed by atoms with Crippen LogP contribution in [0.2, 0.25) is 0 Å². The third-order valence-corrected chi connectivity index (χ3v) is 5.02. The van der Waals surface area contributed by atoms with Gasteiger partial charge in [-0.2, -0.15) is 5.10 Å². The second kappa shape index (κ2) is 6.86. The van der Waals surface area contributed by atoms with Crippen LogP contribution in [0, 0.1) is 12.8 Å². The lowest BCUT2D eigenvalue weighted by atomic mass is 9.86. The van der Waals surface area contributed by atoms with Gasteiger partial charge in [-0.15, -0.1) is 0 Å². The van der Waals surface area contributed by atoms with Crippen LogP contribution in [-0.4, -0.2) is 56.5 Å². The molecule has 0 radical (unpaired) electrons. The van der Waals surface area contributed by atoms with Crippen molar-refractivity contribution in [2.75, 3.05) is 13.6 Å². The third kappa shape index (κ3) is 3.83. The first-order valence-corrected chi connectivity index (χ1v) is 8.63. The Morgan fingerprint density at radius 2 is 2.17 bits per heavy atom. The van der Waals surface area contributed by atoms with Crippen molar-refractivity contribution in [1.82, 2.24) is 25.0 Å². The molecular weight excluding hydrogens is 294 g/mol. The summed E-state index contributed by atoms with van der Waals surface area (Å²) in [6, 6.07) is 0.0305. The van der Waals surface area contributed by atoms with Crippen LogP contribution in [0.25, 0.3) is 0 Å². The molecule has 2 heterocycles. The third-order valence-electron chi connectivity index (χ3n) is 5.02. The van der Waals surface area contributed by atoms with E-state index in [9.17, 15) is 9.90 Å². The number of nitrogens with one attached hydrogen (secondary N) is 1. The Hall–Kier alpha value is -1.63. The topological polar surface area (TPSA) is 83.3 Å². The first-order chi connectivity index (χ1) is 11.0. The van der Waals surface area contributed by atoms with Crippen molar-refractivity contribution in [3.63, 3.8) is 0 Å². The smallest absolute Gasteiger partial charge is 0.317 e. The van der Waals surface area contributed by atoms with E-state index < -0.39 is 0 Å². The summed E-state index contributed by atoms with van der Waals surface area (Å²) >= 11 is 0. The van der Waals surface area contributed by atoms with E-state index in [0.29, 0.717) is 13.1 Å². The largest absolute Gasteiger partial charge is 0.393 e. The standard InChI is InChI=1S/C16H27N5O2/c1-11-17-15-8-7-13(10-21(15)19-11)18-16(23)20(2)9-12-5-3-4-6-14(12)22/h12-14,22H,3-10H2,1-2H3,(H,18,23). The SMILES string of the molecule is Cc1nc2n(n1)CC(NC(=O)N(C)CC1CCCCC1O)CC2. The summed E-state index contributed by atoms with van der Waals surface area (Å²) in [6.45, 7) is 3.19. The van der Waals surface area contributed by atoms with E-state index in [0.717, 1.165) is 50.2 Å². The monoisotopic (exact) mass is 321 g/mol. The average Bonchev–Trinajstić information content (AvgIpc) is 2.88. The molecule has 2 N–H and O–H groups in total. The molecule has 0 spiro atoms. The summed E-state index contributed by atoms with van der Waals surface area (Å²) in [6.07, 6.45) is 5.57. The van der Waals surface area contributed by atoms with Gasteiger partial charge in [0.25, 0.3) is 0 Å². The summed E-state index contributed by atoms with van der Waals surface area (Å²) < 4.78 is 1.90. The molecule has 0 bridgehead atoms. The van der Waals surface area contributed by atoms with Gasteiger partial charge in [0.2, 0.25) is 0 Å². The molecular formula is C16H27N5O2. The van der Waals surface area contributed by atoms with Crippen molar-refractivity contribution in [3.8, 4) is 0 Å². The number of carbonyl (C=O) groups excluding carboxylic acids is 1. The number of carbonyl (C=O) groups is 1. The van der Waals surface area contributed by atoms with Gasteiger partial charge in [0.05, 0.1) is 18.7 Å². The molecule has 1 aromatic heterocycles. The Kier molecular flexibility index (Phi) is 4.84. The molecule has 1 aliphatic heterocycles. The zero-order valence-corrected chi connectivity index (χ0v) is 14.0. The molecule has 7 heteroatoms. The minimum absolute atomic E-state index is 0.0620. The summed E-state index contributed by atoms with van der Waals surface area (Å²) in [5.41, 5.74) is 0. The summed E-state index contributed by atoms with van der Waals surface area (Å²) in [7, 11) is 1.81. The van der Waals surface area contributed by atoms with E-state index in [1.54, 1.807) is 4.90 Å². The second-order valence-electron chi connectivity index (χ2n) is 6.93. The van der Waals surface area contributed by atoms with Crippen LogP contribution in [0.5, 0.6) is 0 Å². The van der Waals surface area contributed by atoms with Crippen molar-refractivity contribution < 1.29 is 9.90 Å². The van der Waals surface area contributed by atoms with E-state index >= 15 is 0 Å². The van der Waals surface area contributed by atoms with Crippen molar-refractivity contribution in [2.45, 2.75) is 64.1 Å². The summed E-state index contributed by atoms with van der Waals surface area (Å²) in [4.78, 5) is 18.5. The maximum absolute atomic E-state index is 12.4. The highest BCUT2D eigenvalue weighted by Gasteiger charge is 2.27. The molecule has 1 aromatic rings. The molecule has 7 nitrogen and oxygen atoms in total. The highest BCUT2D eigenvalue weighted by Crippen LogP contribution is 2.25. The number of amides is 2. The molecule has 1 fully saturated rings. The highest BCUT2D eigenvalue weighted by atomic mass is 16.3. The lowest BCUT2D eigenvalue weighted by Crippen LogP contribution is -2.48. The van der Waals surface area contributed by atoms with Crippen molar-refractivity contribution in [1.29, 1.82) is 0 Å². The Labute approximate surface area is 137 Å². The molecule has 0 aromatic carbocycles. The second-order valence-corrected chi connectivity index (χ2v) is 6.93. The molecule has 1 saturated carbocycles. The number of aliphatic hydroxyl groups excluding tert-OH is 1. The van der Waals surface area contributed by atoms with E-state index in [1.165, 1.54) is 0 Å². The first kappa shape index (κ1) is 16.2. The van der Waals surface area contributed by atoms with E-state index in [1.807, 2.05) is 18.7 Å². The highest BCUT2D eigenvalue weighted by molar-refractivity contribution is 5.74. The van der Waals surface area contributed by atoms with Crippen LogP contribution >= 0.6 is 0 Å². The predicted octanol–water partition coefficient (Wildman–Crippen LogP) is 1.09. The van der Waals surface area contributed by atoms with Gasteiger partial charge in [0.15, 0.2) is 0 Å². The summed E-state index contributed by atoms with van der Waals surface area (Å²) in [5, 5.41) is 17.5. The molecule has 3 unspecified atom stereocenters. The van der Waals surface area contributed by atoms with Crippen molar-refractivity contribution >= 4 is 6.03 Å². The fourth-order valence-corrected chi connectivity index (χ4v) is 3.67. The molecule has 0 saturated heterocycles. The number of urea groups is 1. The fraction of sp³-hybridized carbons (Fsp3) is 0.812. The van der Waals surface area contributed by atoms with Gasteiger partial charge < -0.3 is 15.3 Å². The van der Waals surface area contributed by atoms with Gasteiger partial charge in [-0.05, 0) is 26.2 Å². The zero-order chi connectivity index (χ0) is 16.4. The predicted molar refractivity (Wildman–Crippen MR) is 86.0 cm³/mol. The number of hydrogen-bond donors (Lipinski definition) is 2. The zero-order valence-electron chi connectivity index (χ0n) is 14.0. The molecule has 128 valence electrons. The van der Waals surface area contributed by atoms with Gasteiger partial charge in [-0.1, -0.05) is 12.8 Å². The lowest BCUT2D eigenvalue weighted by molar-refractivity contribution is 0.0561. The first-order valence-electron chi connectivity index (χ1n) is 8.63. The minimum atomic E-state index is -0.269. The van der Waals surface area contributed by atoms with Crippen LogP contribution < -0.4 is 5.32 Å². The lowest BCUT2D eigenvalue weighted by Gasteiger charge is -2.32. The molecule has 3 rings (SSSR count). The van der Waals surface area contributed by atoms with Gasteiger partial charge in [-0.25, -0.2) is 14.5 Å². The molecule has 23 heavy (non-hydrogen) atoms. The van der Waals surface area contributed by atoms with Gasteiger partial charge >= 0.3 is 6.03 Å². The maximum Gasteiger partial charge on any atom is 0.317 e. The molecule has 2 aliphatic rings. The van der Waals surface area contributed by atoms with Gasteiger partial charge in [-0.3, -0.25) is 0 Å². The number of nitrogens with zero attached hydrogens (tertiary/aromatic N) is 4. The van der Waals surface area contributed by atoms with Crippen molar-refractivity contribution in [2.24, 2.45) is 5.92 Å². The van der Waals surface area contributed by atoms with Crippen molar-refractivity contribution in [3.05, 3.63) is 11.6 Å². The van der Waals surface area contributed by atoms with E-state index in [4.69, 9.17) is 0 Å². The van der Waals surface area contributed by atoms with E-state index in [2.05, 4.69) is 15.4 Å². The van der Waals surface area contributed by atoms with Crippen LogP contribution in [0.15, 0.2) is 0 Å². The summed E-state index contributed by atoms with van der Waals surface area (Å²) in [5.74, 6) is 2.00. The van der Waals surface area contributed by atoms with Crippen LogP contribution in [-0.2, 0) is 13.0 Å². The fourth-order valence-electron chi connectivity index (χ4n) is 3.67. The Balaban J connectivity index is 1.50. The number of aliphatic hydroxyl groups is 1. The van der Waals surface area contributed by atoms with Crippen LogP contribution in [0.1, 0.15) is 43.8 Å². The number of aromatic nitrogens is 3. The average molecular weight is 321 g/mol. The Bertz CT molecular complexity index is 559. The Morgan fingerprint density at radius 3 is 2.96 bits per heavy atom. The van der Waals surface area contributed by atoms with Crippen LogP contribution in [0.4, 0.5) is 4.79 Å². The normalized spacial score (nSPS) is 27.3. The van der Waals surface area contributed by atoms with Gasteiger partial charge in [0.1, 0.15) is 11.6 Å².